The number of nitrogens with one attached hydrogen (secondary N) is 2. The van der Waals surface area contributed by atoms with Gasteiger partial charge in [0.1, 0.15) is 12.4 Å². The maximum Gasteiger partial charge on any atom is 0.295 e. The fraction of sp³-hybridized carbons (Fsp3) is 0.378. The second-order valence-electron chi connectivity index (χ2n) is 11.6. The Hall–Kier alpha value is -5.91. The minimum absolute atomic E-state index is 0.0344. The first kappa shape index (κ1) is 38.3. The van der Waals surface area contributed by atoms with Gasteiger partial charge in [-0.05, 0) is 24.0 Å². The number of amides is 2. The number of carbonyl (C=O) groups excluding carboxylic acids is 3. The lowest BCUT2D eigenvalue weighted by molar-refractivity contribution is -0.126. The van der Waals surface area contributed by atoms with E-state index in [0.29, 0.717) is 82.0 Å². The van der Waals surface area contributed by atoms with Crippen molar-refractivity contribution in [3.8, 4) is 30.0 Å². The number of aromatic nitrogens is 5. The Morgan fingerprint density at radius 2 is 1.66 bits per heavy atom. The molecule has 1 aliphatic heterocycles. The maximum atomic E-state index is 13.6. The minimum Gasteiger partial charge on any atom is -0.494 e. The van der Waals surface area contributed by atoms with Crippen molar-refractivity contribution in [1.82, 2.24) is 35.2 Å². The summed E-state index contributed by atoms with van der Waals surface area (Å²) < 4.78 is 28.2. The average Bonchev–Trinajstić information content (AvgIpc) is 3.87. The number of hydrogen-bond acceptors (Lipinski definition) is 12. The van der Waals surface area contributed by atoms with Gasteiger partial charge in [0.2, 0.25) is 0 Å². The van der Waals surface area contributed by atoms with Gasteiger partial charge in [-0.15, -0.1) is 11.5 Å². The number of benzene rings is 1. The van der Waals surface area contributed by atoms with Crippen LogP contribution in [0.1, 0.15) is 39.3 Å². The lowest BCUT2D eigenvalue weighted by Gasteiger charge is -2.28. The van der Waals surface area contributed by atoms with E-state index in [9.17, 15) is 19.6 Å². The van der Waals surface area contributed by atoms with Crippen LogP contribution in [-0.2, 0) is 23.7 Å². The number of ketones is 1. The molecule has 0 aliphatic carbocycles. The Morgan fingerprint density at radius 1 is 0.981 bits per heavy atom. The molecule has 16 nitrogen and oxygen atoms in total. The molecule has 2 N–H and O–H groups in total. The molecule has 2 amide bonds. The predicted molar refractivity (Wildman–Crippen MR) is 191 cm³/mol. The number of rotatable bonds is 19. The van der Waals surface area contributed by atoms with E-state index < -0.39 is 17.6 Å². The molecule has 4 heterocycles. The molecule has 4 aromatic rings. The molecule has 53 heavy (non-hydrogen) atoms. The molecular weight excluding hydrogens is 684 g/mol. The zero-order chi connectivity index (χ0) is 37.4. The summed E-state index contributed by atoms with van der Waals surface area (Å²) in [4.78, 5) is 48.8. The Kier molecular flexibility index (Phi) is 14.2. The number of methoxy groups -OCH3 is 1. The highest BCUT2D eigenvalue weighted by Gasteiger charge is 2.30. The van der Waals surface area contributed by atoms with Crippen LogP contribution in [0.4, 0.5) is 0 Å². The zero-order valence-corrected chi connectivity index (χ0v) is 29.3. The molecule has 1 fully saturated rings. The van der Waals surface area contributed by atoms with Gasteiger partial charge >= 0.3 is 0 Å². The molecule has 1 aliphatic rings. The largest absolute Gasteiger partial charge is 0.494 e. The van der Waals surface area contributed by atoms with Gasteiger partial charge in [0.25, 0.3) is 17.6 Å². The van der Waals surface area contributed by atoms with Crippen molar-refractivity contribution in [2.75, 3.05) is 79.6 Å². The topological polar surface area (TPSA) is 196 Å². The van der Waals surface area contributed by atoms with Crippen LogP contribution in [0.2, 0.25) is 0 Å². The summed E-state index contributed by atoms with van der Waals surface area (Å²) >= 11 is 0. The normalized spacial score (nSPS) is 12.7. The van der Waals surface area contributed by atoms with Gasteiger partial charge in [-0.1, -0.05) is 41.5 Å². The minimum atomic E-state index is -0.720. The molecule has 0 saturated carbocycles. The standard InChI is InChI=1S/C37H40N8O8/c1-3-14-50-16-18-52-20-21-53-19-17-51-15-11-39-36(47)30-25-45(43-42-30)35-33-32(31(49-2)24-41-35)29(23-40-33)34(46)37(48)44-12-9-27(10-13-44)28(22-38)26-7-5-4-6-8-26/h1,4-8,23-25,40H,9-21H2,2H3,(H,39,47). The number of nitriles is 1. The Morgan fingerprint density at radius 3 is 2.32 bits per heavy atom. The van der Waals surface area contributed by atoms with Gasteiger partial charge in [0.15, 0.2) is 11.5 Å². The second kappa shape index (κ2) is 19.6. The van der Waals surface area contributed by atoms with Gasteiger partial charge in [0, 0.05) is 25.8 Å². The summed E-state index contributed by atoms with van der Waals surface area (Å²) in [5.41, 5.74) is 2.88. The van der Waals surface area contributed by atoms with Crippen LogP contribution in [0, 0.1) is 23.7 Å². The summed E-state index contributed by atoms with van der Waals surface area (Å²) in [5, 5.41) is 20.9. The van der Waals surface area contributed by atoms with Crippen molar-refractivity contribution in [1.29, 1.82) is 5.26 Å². The van der Waals surface area contributed by atoms with Crippen LogP contribution in [0.25, 0.3) is 22.3 Å². The molecular formula is C37H40N8O8. The summed E-state index contributed by atoms with van der Waals surface area (Å²) in [5.74, 6) is 1.04. The monoisotopic (exact) mass is 724 g/mol. The summed E-state index contributed by atoms with van der Waals surface area (Å²) in [6, 6.07) is 11.7. The third kappa shape index (κ3) is 9.91. The Labute approximate surface area is 306 Å². The van der Waals surface area contributed by atoms with Crippen LogP contribution in [0.5, 0.6) is 5.75 Å². The Balaban J connectivity index is 1.13. The number of hydrogen-bond donors (Lipinski definition) is 2. The van der Waals surface area contributed by atoms with Gasteiger partial charge in [-0.25, -0.2) is 4.98 Å². The lowest BCUT2D eigenvalue weighted by Crippen LogP contribution is -2.40. The highest BCUT2D eigenvalue weighted by molar-refractivity contribution is 6.45. The second-order valence-corrected chi connectivity index (χ2v) is 11.6. The van der Waals surface area contributed by atoms with Crippen LogP contribution < -0.4 is 10.1 Å². The lowest BCUT2D eigenvalue weighted by atomic mass is 9.93. The number of allylic oxidation sites excluding steroid dienone is 1. The number of fused-ring (bicyclic) bond motifs is 1. The number of likely N-dealkylation sites (tertiary alicyclic amines) is 1. The molecule has 0 bridgehead atoms. The average molecular weight is 725 g/mol. The fourth-order valence-electron chi connectivity index (χ4n) is 5.64. The molecule has 0 spiro atoms. The number of carbonyl (C=O) groups is 3. The van der Waals surface area contributed by atoms with E-state index in [1.807, 2.05) is 30.3 Å². The number of aromatic amines is 1. The highest BCUT2D eigenvalue weighted by atomic mass is 16.6. The van der Waals surface area contributed by atoms with Crippen molar-refractivity contribution in [2.45, 2.75) is 12.8 Å². The number of piperidine rings is 1. The number of ether oxygens (including phenoxy) is 5. The molecule has 0 atom stereocenters. The summed E-state index contributed by atoms with van der Waals surface area (Å²) in [6.07, 6.45) is 10.3. The number of H-pyrrole nitrogens is 1. The van der Waals surface area contributed by atoms with E-state index in [2.05, 4.69) is 37.6 Å². The molecule has 0 radical (unpaired) electrons. The third-order valence-electron chi connectivity index (χ3n) is 8.27. The first-order valence-corrected chi connectivity index (χ1v) is 17.0. The van der Waals surface area contributed by atoms with Crippen LogP contribution in [0.3, 0.4) is 0 Å². The summed E-state index contributed by atoms with van der Waals surface area (Å²) in [7, 11) is 1.43. The molecule has 3 aromatic heterocycles. The van der Waals surface area contributed by atoms with Crippen molar-refractivity contribution in [2.24, 2.45) is 0 Å². The molecule has 5 rings (SSSR count). The van der Waals surface area contributed by atoms with Gasteiger partial charge in [-0.3, -0.25) is 14.4 Å². The van der Waals surface area contributed by atoms with Crippen LogP contribution in [0.15, 0.2) is 54.5 Å². The van der Waals surface area contributed by atoms with Gasteiger partial charge in [-0.2, -0.15) is 9.94 Å². The predicted octanol–water partition coefficient (Wildman–Crippen LogP) is 2.36. The summed E-state index contributed by atoms with van der Waals surface area (Å²) in [6.45, 7) is 3.78. The molecule has 1 aromatic carbocycles. The van der Waals surface area contributed by atoms with Crippen molar-refractivity contribution in [3.05, 3.63) is 71.3 Å². The highest BCUT2D eigenvalue weighted by Crippen LogP contribution is 2.32. The fourth-order valence-corrected chi connectivity index (χ4v) is 5.64. The molecule has 16 heteroatoms. The molecule has 276 valence electrons. The first-order chi connectivity index (χ1) is 26.0. The van der Waals surface area contributed by atoms with E-state index in [4.69, 9.17) is 30.1 Å². The third-order valence-corrected chi connectivity index (χ3v) is 8.27. The van der Waals surface area contributed by atoms with Gasteiger partial charge in [0.05, 0.1) is 93.9 Å². The van der Waals surface area contributed by atoms with E-state index in [-0.39, 0.29) is 42.6 Å². The van der Waals surface area contributed by atoms with E-state index in [1.54, 1.807) is 0 Å². The molecule has 1 saturated heterocycles. The van der Waals surface area contributed by atoms with Gasteiger partial charge < -0.3 is 38.9 Å². The van der Waals surface area contributed by atoms with E-state index in [1.165, 1.54) is 35.3 Å². The number of Topliss-reactive ketones (excluding diaryl/α,β-unsaturated/α-hetero) is 1. The number of terminal acetylenes is 1. The molecule has 0 unspecified atom stereocenters. The van der Waals surface area contributed by atoms with Crippen molar-refractivity contribution in [3.63, 3.8) is 0 Å². The quantitative estimate of drug-likeness (QED) is 0.0472. The SMILES string of the molecule is C#CCOCCOCCOCCOCCNC(=O)c1cn(-c2ncc(OC)c3c(C(=O)C(=O)N4CCC(=C(C#N)c5ccccc5)CC4)c[nH]c23)nn1. The van der Waals surface area contributed by atoms with Crippen molar-refractivity contribution >= 4 is 34.1 Å². The number of pyridine rings is 1. The van der Waals surface area contributed by atoms with Crippen LogP contribution >= 0.6 is 0 Å². The number of nitrogens with zero attached hydrogens (tertiary/aromatic N) is 6. The zero-order valence-electron chi connectivity index (χ0n) is 29.3. The van der Waals surface area contributed by atoms with Crippen molar-refractivity contribution < 1.29 is 38.1 Å². The first-order valence-electron chi connectivity index (χ1n) is 17.0. The smallest absolute Gasteiger partial charge is 0.295 e. The van der Waals surface area contributed by atoms with E-state index >= 15 is 0 Å². The maximum absolute atomic E-state index is 13.6. The Bertz CT molecular complexity index is 1980. The van der Waals surface area contributed by atoms with E-state index in [0.717, 1.165) is 11.1 Å². The van der Waals surface area contributed by atoms with Crippen LogP contribution in [-0.4, -0.2) is 127 Å².